The number of benzene rings is 1. The number of carbonyl (C=O) groups excluding carboxylic acids is 2. The van der Waals surface area contributed by atoms with Gasteiger partial charge in [-0.1, -0.05) is 18.2 Å². The van der Waals surface area contributed by atoms with Crippen molar-refractivity contribution in [1.82, 2.24) is 15.6 Å². The summed E-state index contributed by atoms with van der Waals surface area (Å²) >= 11 is 0. The van der Waals surface area contributed by atoms with Gasteiger partial charge >= 0.3 is 0 Å². The average molecular weight is 378 g/mol. The van der Waals surface area contributed by atoms with E-state index in [9.17, 15) is 9.59 Å². The molecule has 1 aromatic heterocycles. The SMILES string of the molecule is N#Cc1ccc(OC2CCC(NC(=O)CNC(=O)c3ccccc3)CC2)nc1. The van der Waals surface area contributed by atoms with Crippen LogP contribution in [-0.2, 0) is 4.79 Å². The van der Waals surface area contributed by atoms with Gasteiger partial charge in [0.1, 0.15) is 12.2 Å². The number of nitrogens with zero attached hydrogens (tertiary/aromatic N) is 2. The number of hydrogen-bond acceptors (Lipinski definition) is 5. The molecule has 0 radical (unpaired) electrons. The average Bonchev–Trinajstić information content (AvgIpc) is 2.74. The monoisotopic (exact) mass is 378 g/mol. The standard InChI is InChI=1S/C21H22N4O3/c22-12-15-6-11-20(23-13-15)28-18-9-7-17(8-10-18)25-19(26)14-24-21(27)16-4-2-1-3-5-16/h1-6,11,13,17-18H,7-10,14H2,(H,24,27)(H,25,26). The second-order valence-corrected chi connectivity index (χ2v) is 6.70. The molecule has 0 saturated heterocycles. The lowest BCUT2D eigenvalue weighted by Gasteiger charge is -2.29. The number of rotatable bonds is 6. The summed E-state index contributed by atoms with van der Waals surface area (Å²) in [7, 11) is 0. The first kappa shape index (κ1) is 19.4. The summed E-state index contributed by atoms with van der Waals surface area (Å²) in [6.07, 6.45) is 4.77. The number of hydrogen-bond donors (Lipinski definition) is 2. The molecule has 1 heterocycles. The minimum Gasteiger partial charge on any atom is -0.474 e. The van der Waals surface area contributed by atoms with Crippen LogP contribution in [-0.4, -0.2) is 35.5 Å². The first-order valence-electron chi connectivity index (χ1n) is 9.29. The summed E-state index contributed by atoms with van der Waals surface area (Å²) in [6.45, 7) is -0.0423. The number of carbonyl (C=O) groups is 2. The number of nitriles is 1. The molecular formula is C21H22N4O3. The van der Waals surface area contributed by atoms with Crippen LogP contribution in [0.3, 0.4) is 0 Å². The number of aromatic nitrogens is 1. The van der Waals surface area contributed by atoms with E-state index in [0.29, 0.717) is 17.0 Å². The van der Waals surface area contributed by atoms with Crippen LogP contribution in [0.4, 0.5) is 0 Å². The molecule has 0 spiro atoms. The van der Waals surface area contributed by atoms with Gasteiger partial charge in [-0.25, -0.2) is 4.98 Å². The summed E-state index contributed by atoms with van der Waals surface area (Å²) in [6, 6.07) is 14.3. The van der Waals surface area contributed by atoms with Crippen LogP contribution in [0.1, 0.15) is 41.6 Å². The van der Waals surface area contributed by atoms with Crippen molar-refractivity contribution in [2.75, 3.05) is 6.54 Å². The third-order valence-corrected chi connectivity index (χ3v) is 4.64. The van der Waals surface area contributed by atoms with E-state index in [2.05, 4.69) is 15.6 Å². The number of amides is 2. The Balaban J connectivity index is 1.37. The van der Waals surface area contributed by atoms with E-state index in [0.717, 1.165) is 25.7 Å². The third kappa shape index (κ3) is 5.55. The van der Waals surface area contributed by atoms with Crippen molar-refractivity contribution >= 4 is 11.8 Å². The molecule has 2 aromatic rings. The molecule has 7 nitrogen and oxygen atoms in total. The van der Waals surface area contributed by atoms with E-state index in [4.69, 9.17) is 10.00 Å². The highest BCUT2D eigenvalue weighted by atomic mass is 16.5. The molecule has 0 bridgehead atoms. The van der Waals surface area contributed by atoms with Gasteiger partial charge < -0.3 is 15.4 Å². The smallest absolute Gasteiger partial charge is 0.251 e. The van der Waals surface area contributed by atoms with Crippen LogP contribution in [0, 0.1) is 11.3 Å². The molecule has 3 rings (SSSR count). The van der Waals surface area contributed by atoms with Gasteiger partial charge in [-0.3, -0.25) is 9.59 Å². The van der Waals surface area contributed by atoms with E-state index >= 15 is 0 Å². The molecule has 144 valence electrons. The molecule has 0 aliphatic heterocycles. The summed E-state index contributed by atoms with van der Waals surface area (Å²) in [5.74, 6) is 0.0558. The number of nitrogens with one attached hydrogen (secondary N) is 2. The highest BCUT2D eigenvalue weighted by Gasteiger charge is 2.24. The Morgan fingerprint density at radius 3 is 2.50 bits per heavy atom. The Hall–Kier alpha value is -3.40. The lowest BCUT2D eigenvalue weighted by atomic mass is 9.93. The van der Waals surface area contributed by atoms with Crippen molar-refractivity contribution in [3.05, 3.63) is 59.8 Å². The zero-order valence-electron chi connectivity index (χ0n) is 15.4. The molecule has 0 unspecified atom stereocenters. The molecule has 1 saturated carbocycles. The van der Waals surface area contributed by atoms with E-state index in [-0.39, 0.29) is 30.5 Å². The Morgan fingerprint density at radius 1 is 1.11 bits per heavy atom. The fourth-order valence-corrected chi connectivity index (χ4v) is 3.14. The van der Waals surface area contributed by atoms with Crippen molar-refractivity contribution in [3.8, 4) is 11.9 Å². The summed E-state index contributed by atoms with van der Waals surface area (Å²) < 4.78 is 5.85. The van der Waals surface area contributed by atoms with Crippen LogP contribution >= 0.6 is 0 Å². The van der Waals surface area contributed by atoms with Crippen molar-refractivity contribution in [3.63, 3.8) is 0 Å². The van der Waals surface area contributed by atoms with Crippen LogP contribution in [0.5, 0.6) is 5.88 Å². The van der Waals surface area contributed by atoms with E-state index < -0.39 is 0 Å². The fourth-order valence-electron chi connectivity index (χ4n) is 3.14. The Labute approximate surface area is 163 Å². The predicted octanol–water partition coefficient (Wildman–Crippen LogP) is 2.19. The zero-order chi connectivity index (χ0) is 19.8. The minimum absolute atomic E-state index is 0.0423. The van der Waals surface area contributed by atoms with Crippen LogP contribution < -0.4 is 15.4 Å². The van der Waals surface area contributed by atoms with Gasteiger partial charge in [0, 0.05) is 23.9 Å². The first-order valence-corrected chi connectivity index (χ1v) is 9.29. The molecule has 1 fully saturated rings. The highest BCUT2D eigenvalue weighted by Crippen LogP contribution is 2.23. The Kier molecular flexibility index (Phi) is 6.58. The fraction of sp³-hybridized carbons (Fsp3) is 0.333. The van der Waals surface area contributed by atoms with Gasteiger partial charge in [-0.2, -0.15) is 5.26 Å². The quantitative estimate of drug-likeness (QED) is 0.802. The van der Waals surface area contributed by atoms with Gasteiger partial charge in [0.2, 0.25) is 11.8 Å². The van der Waals surface area contributed by atoms with Crippen LogP contribution in [0.2, 0.25) is 0 Å². The van der Waals surface area contributed by atoms with E-state index in [1.807, 2.05) is 12.1 Å². The highest BCUT2D eigenvalue weighted by molar-refractivity contribution is 5.96. The lowest BCUT2D eigenvalue weighted by Crippen LogP contribution is -2.44. The van der Waals surface area contributed by atoms with Crippen molar-refractivity contribution < 1.29 is 14.3 Å². The maximum absolute atomic E-state index is 12.1. The summed E-state index contributed by atoms with van der Waals surface area (Å²) in [4.78, 5) is 28.2. The molecule has 2 N–H and O–H groups in total. The Morgan fingerprint density at radius 2 is 1.86 bits per heavy atom. The predicted molar refractivity (Wildman–Crippen MR) is 103 cm³/mol. The number of pyridine rings is 1. The molecule has 2 amide bonds. The van der Waals surface area contributed by atoms with Crippen molar-refractivity contribution in [2.24, 2.45) is 0 Å². The molecule has 1 aliphatic carbocycles. The van der Waals surface area contributed by atoms with Crippen LogP contribution in [0.15, 0.2) is 48.7 Å². The lowest BCUT2D eigenvalue weighted by molar-refractivity contribution is -0.121. The Bertz CT molecular complexity index is 838. The van der Waals surface area contributed by atoms with Crippen molar-refractivity contribution in [2.45, 2.75) is 37.8 Å². The number of ether oxygens (including phenoxy) is 1. The minimum atomic E-state index is -0.261. The molecule has 28 heavy (non-hydrogen) atoms. The maximum atomic E-state index is 12.1. The maximum Gasteiger partial charge on any atom is 0.251 e. The van der Waals surface area contributed by atoms with Gasteiger partial charge in [-0.15, -0.1) is 0 Å². The van der Waals surface area contributed by atoms with Gasteiger partial charge in [-0.05, 0) is 43.9 Å². The molecule has 1 aromatic carbocycles. The molecule has 7 heteroatoms. The molecular weight excluding hydrogens is 356 g/mol. The second-order valence-electron chi connectivity index (χ2n) is 6.70. The zero-order valence-corrected chi connectivity index (χ0v) is 15.4. The van der Waals surface area contributed by atoms with Gasteiger partial charge in [0.05, 0.1) is 12.1 Å². The molecule has 1 aliphatic rings. The van der Waals surface area contributed by atoms with E-state index in [1.54, 1.807) is 36.4 Å². The second kappa shape index (κ2) is 9.51. The normalized spacial score (nSPS) is 18.5. The van der Waals surface area contributed by atoms with Crippen molar-refractivity contribution in [1.29, 1.82) is 5.26 Å². The summed E-state index contributed by atoms with van der Waals surface area (Å²) in [5, 5.41) is 14.4. The van der Waals surface area contributed by atoms with Gasteiger partial charge in [0.15, 0.2) is 0 Å². The summed E-state index contributed by atoms with van der Waals surface area (Å²) in [5.41, 5.74) is 1.03. The first-order chi connectivity index (χ1) is 13.6. The third-order valence-electron chi connectivity index (χ3n) is 4.64. The molecule has 0 atom stereocenters. The topological polar surface area (TPSA) is 104 Å². The largest absolute Gasteiger partial charge is 0.474 e. The van der Waals surface area contributed by atoms with E-state index in [1.165, 1.54) is 6.20 Å². The van der Waals surface area contributed by atoms with Gasteiger partial charge in [0.25, 0.3) is 5.91 Å². The van der Waals surface area contributed by atoms with Crippen LogP contribution in [0.25, 0.3) is 0 Å².